The van der Waals surface area contributed by atoms with Gasteiger partial charge in [0.05, 0.1) is 10.6 Å². The van der Waals surface area contributed by atoms with Crippen molar-refractivity contribution in [2.45, 2.75) is 11.8 Å². The van der Waals surface area contributed by atoms with Crippen molar-refractivity contribution in [3.05, 3.63) is 52.3 Å². The molecule has 3 N–H and O–H groups in total. The van der Waals surface area contributed by atoms with E-state index in [1.54, 1.807) is 12.1 Å². The van der Waals surface area contributed by atoms with E-state index in [9.17, 15) is 12.8 Å². The molecule has 0 fully saturated rings. The third kappa shape index (κ3) is 3.10. The molecule has 0 saturated carbocycles. The van der Waals surface area contributed by atoms with E-state index in [-0.39, 0.29) is 4.90 Å². The fourth-order valence-electron chi connectivity index (χ4n) is 1.73. The third-order valence-electron chi connectivity index (χ3n) is 2.67. The van der Waals surface area contributed by atoms with Gasteiger partial charge in [-0.3, -0.25) is 4.72 Å². The maximum atomic E-state index is 13.0. The summed E-state index contributed by atoms with van der Waals surface area (Å²) in [6.07, 6.45) is 0. The van der Waals surface area contributed by atoms with Crippen LogP contribution in [0.25, 0.3) is 0 Å². The van der Waals surface area contributed by atoms with Gasteiger partial charge < -0.3 is 5.73 Å². The Morgan fingerprint density at radius 2 is 1.90 bits per heavy atom. The Morgan fingerprint density at radius 1 is 1.20 bits per heavy atom. The van der Waals surface area contributed by atoms with Crippen molar-refractivity contribution in [2.75, 3.05) is 10.5 Å². The van der Waals surface area contributed by atoms with E-state index in [4.69, 9.17) is 5.73 Å². The fourth-order valence-corrected chi connectivity index (χ4v) is 3.26. The molecule has 20 heavy (non-hydrogen) atoms. The normalized spacial score (nSPS) is 11.3. The number of hydrogen-bond donors (Lipinski definition) is 2. The molecule has 4 nitrogen and oxygen atoms in total. The van der Waals surface area contributed by atoms with E-state index in [1.807, 2.05) is 0 Å². The fraction of sp³-hybridized carbons (Fsp3) is 0.0769. The van der Waals surface area contributed by atoms with Gasteiger partial charge in [0.25, 0.3) is 10.0 Å². The van der Waals surface area contributed by atoms with Crippen LogP contribution in [0.3, 0.4) is 0 Å². The number of rotatable bonds is 3. The van der Waals surface area contributed by atoms with Crippen molar-refractivity contribution in [3.8, 4) is 0 Å². The summed E-state index contributed by atoms with van der Waals surface area (Å²) in [7, 11) is -3.78. The van der Waals surface area contributed by atoms with E-state index >= 15 is 0 Å². The number of hydrogen-bond acceptors (Lipinski definition) is 3. The molecule has 0 aliphatic rings. The van der Waals surface area contributed by atoms with Crippen LogP contribution in [0, 0.1) is 12.7 Å². The lowest BCUT2D eigenvalue weighted by atomic mass is 10.2. The topological polar surface area (TPSA) is 72.2 Å². The van der Waals surface area contributed by atoms with Crippen molar-refractivity contribution in [1.29, 1.82) is 0 Å². The van der Waals surface area contributed by atoms with Gasteiger partial charge in [0.2, 0.25) is 0 Å². The smallest absolute Gasteiger partial charge is 0.262 e. The number of nitrogens with one attached hydrogen (secondary N) is 1. The highest BCUT2D eigenvalue weighted by Gasteiger charge is 2.17. The highest BCUT2D eigenvalue weighted by Crippen LogP contribution is 2.25. The first-order valence-electron chi connectivity index (χ1n) is 5.63. The van der Waals surface area contributed by atoms with Crippen molar-refractivity contribution in [1.82, 2.24) is 0 Å². The average molecular weight is 359 g/mol. The second-order valence-electron chi connectivity index (χ2n) is 4.25. The predicted octanol–water partition coefficient (Wildman–Crippen LogP) is 3.28. The first-order chi connectivity index (χ1) is 9.29. The van der Waals surface area contributed by atoms with E-state index in [2.05, 4.69) is 20.7 Å². The van der Waals surface area contributed by atoms with Crippen molar-refractivity contribution >= 4 is 37.3 Å². The summed E-state index contributed by atoms with van der Waals surface area (Å²) in [5.41, 5.74) is 6.79. The first kappa shape index (κ1) is 14.8. The molecule has 0 amide bonds. The maximum absolute atomic E-state index is 13.0. The number of anilines is 2. The second-order valence-corrected chi connectivity index (χ2v) is 6.76. The molecule has 2 rings (SSSR count). The Balaban J connectivity index is 2.38. The summed E-state index contributed by atoms with van der Waals surface area (Å²) >= 11 is 3.23. The Bertz CT molecular complexity index is 763. The quantitative estimate of drug-likeness (QED) is 0.827. The van der Waals surface area contributed by atoms with E-state index in [1.165, 1.54) is 25.1 Å². The molecule has 2 aromatic carbocycles. The minimum absolute atomic E-state index is 0.0281. The van der Waals surface area contributed by atoms with Crippen LogP contribution in [-0.4, -0.2) is 8.42 Å². The molecule has 0 unspecified atom stereocenters. The predicted molar refractivity (Wildman–Crippen MR) is 80.5 cm³/mol. The lowest BCUT2D eigenvalue weighted by Crippen LogP contribution is -2.14. The summed E-state index contributed by atoms with van der Waals surface area (Å²) < 4.78 is 40.6. The van der Waals surface area contributed by atoms with Crippen LogP contribution in [0.4, 0.5) is 15.8 Å². The molecule has 0 aliphatic carbocycles. The second kappa shape index (κ2) is 5.41. The van der Waals surface area contributed by atoms with Crippen LogP contribution in [0.1, 0.15) is 5.56 Å². The number of sulfonamides is 1. The maximum Gasteiger partial charge on any atom is 0.262 e. The zero-order valence-electron chi connectivity index (χ0n) is 10.5. The molecule has 0 heterocycles. The highest BCUT2D eigenvalue weighted by molar-refractivity contribution is 9.10. The van der Waals surface area contributed by atoms with Gasteiger partial charge in [-0.25, -0.2) is 12.8 Å². The van der Waals surface area contributed by atoms with Crippen LogP contribution >= 0.6 is 15.9 Å². The average Bonchev–Trinajstić information content (AvgIpc) is 2.33. The molecular formula is C13H12BrFN2O2S. The number of aryl methyl sites for hydroxylation is 1. The first-order valence-corrected chi connectivity index (χ1v) is 7.91. The van der Waals surface area contributed by atoms with Crippen molar-refractivity contribution in [2.24, 2.45) is 0 Å². The molecular weight excluding hydrogens is 347 g/mol. The highest BCUT2D eigenvalue weighted by atomic mass is 79.9. The molecule has 0 atom stereocenters. The largest absolute Gasteiger partial charge is 0.398 e. The van der Waals surface area contributed by atoms with Crippen LogP contribution < -0.4 is 10.5 Å². The zero-order valence-corrected chi connectivity index (χ0v) is 12.9. The van der Waals surface area contributed by atoms with Crippen LogP contribution in [0.15, 0.2) is 45.8 Å². The Kier molecular flexibility index (Phi) is 4.01. The van der Waals surface area contributed by atoms with Gasteiger partial charge in [-0.15, -0.1) is 0 Å². The molecule has 0 bridgehead atoms. The molecule has 0 spiro atoms. The molecule has 0 saturated heterocycles. The third-order valence-corrected chi connectivity index (χ3v) is 4.94. The molecule has 106 valence electrons. The van der Waals surface area contributed by atoms with E-state index in [0.29, 0.717) is 21.4 Å². The van der Waals surface area contributed by atoms with Crippen LogP contribution in [0.2, 0.25) is 0 Å². The Morgan fingerprint density at radius 3 is 2.50 bits per heavy atom. The van der Waals surface area contributed by atoms with Crippen molar-refractivity contribution < 1.29 is 12.8 Å². The number of benzene rings is 2. The zero-order chi connectivity index (χ0) is 14.9. The standard InChI is InChI=1S/C13H12BrFN2O2S/c1-8-6-9(15)2-5-13(8)20(18,19)17-10-3-4-11(14)12(16)7-10/h2-7,17H,16H2,1H3. The molecule has 2 aromatic rings. The monoisotopic (exact) mass is 358 g/mol. The van der Waals surface area contributed by atoms with E-state index < -0.39 is 15.8 Å². The van der Waals surface area contributed by atoms with E-state index in [0.717, 1.165) is 6.07 Å². The number of halogens is 2. The summed E-state index contributed by atoms with van der Waals surface area (Å²) in [4.78, 5) is 0.0281. The lowest BCUT2D eigenvalue weighted by molar-refractivity contribution is 0.598. The lowest BCUT2D eigenvalue weighted by Gasteiger charge is -2.11. The van der Waals surface area contributed by atoms with Crippen LogP contribution in [0.5, 0.6) is 0 Å². The van der Waals surface area contributed by atoms with Gasteiger partial charge in [-0.1, -0.05) is 0 Å². The molecule has 0 radical (unpaired) electrons. The summed E-state index contributed by atoms with van der Waals surface area (Å²) in [5.74, 6) is -0.477. The van der Waals surface area contributed by atoms with Crippen LogP contribution in [-0.2, 0) is 10.0 Å². The van der Waals surface area contributed by atoms with Crippen molar-refractivity contribution in [3.63, 3.8) is 0 Å². The van der Waals surface area contributed by atoms with Gasteiger partial charge in [-0.2, -0.15) is 0 Å². The number of nitrogen functional groups attached to an aromatic ring is 1. The summed E-state index contributed by atoms with van der Waals surface area (Å²) in [6, 6.07) is 8.24. The Labute approximate surface area is 125 Å². The minimum Gasteiger partial charge on any atom is -0.398 e. The van der Waals surface area contributed by atoms with Gasteiger partial charge in [0.1, 0.15) is 5.82 Å². The molecule has 0 aliphatic heterocycles. The summed E-state index contributed by atoms with van der Waals surface area (Å²) in [6.45, 7) is 1.54. The van der Waals surface area contributed by atoms with Gasteiger partial charge in [-0.05, 0) is 64.8 Å². The summed E-state index contributed by atoms with van der Waals surface area (Å²) in [5, 5.41) is 0. The van der Waals surface area contributed by atoms with Gasteiger partial charge >= 0.3 is 0 Å². The number of nitrogens with two attached hydrogens (primary N) is 1. The molecule has 7 heteroatoms. The molecule has 0 aromatic heterocycles. The Hall–Kier alpha value is -1.60. The van der Waals surface area contributed by atoms with Gasteiger partial charge in [0, 0.05) is 10.2 Å². The SMILES string of the molecule is Cc1cc(F)ccc1S(=O)(=O)Nc1ccc(Br)c(N)c1. The minimum atomic E-state index is -3.78. The van der Waals surface area contributed by atoms with Gasteiger partial charge in [0.15, 0.2) is 0 Å².